The van der Waals surface area contributed by atoms with Crippen LogP contribution >= 0.6 is 23.2 Å². The SMILES string of the molecule is O=c1cc(-c2ccc(Cl)cc2)c(-c2ccc(Cl)cc2)c2n1CCN2S(=O)(=O)c1ccccc1F. The number of sulfonamides is 1. The third-order valence-corrected chi connectivity index (χ3v) is 8.06. The molecule has 3 aromatic carbocycles. The molecule has 34 heavy (non-hydrogen) atoms. The van der Waals surface area contributed by atoms with Crippen LogP contribution in [0.4, 0.5) is 10.2 Å². The molecule has 5 nitrogen and oxygen atoms in total. The Hall–Kier alpha value is -3.13. The lowest BCUT2D eigenvalue weighted by Crippen LogP contribution is -2.31. The lowest BCUT2D eigenvalue weighted by atomic mass is 9.95. The Kier molecular flexibility index (Phi) is 5.72. The average Bonchev–Trinajstić information content (AvgIpc) is 3.27. The van der Waals surface area contributed by atoms with Crippen molar-refractivity contribution in [3.05, 3.63) is 105 Å². The van der Waals surface area contributed by atoms with E-state index in [0.29, 0.717) is 32.3 Å². The monoisotopic (exact) mass is 514 g/mol. The number of pyridine rings is 1. The Labute approximate surface area is 205 Å². The molecule has 0 atom stereocenters. The van der Waals surface area contributed by atoms with Crippen LogP contribution < -0.4 is 9.86 Å². The summed E-state index contributed by atoms with van der Waals surface area (Å²) >= 11 is 12.2. The summed E-state index contributed by atoms with van der Waals surface area (Å²) in [7, 11) is -4.29. The van der Waals surface area contributed by atoms with Gasteiger partial charge < -0.3 is 0 Å². The summed E-state index contributed by atoms with van der Waals surface area (Å²) in [5, 5.41) is 1.04. The van der Waals surface area contributed by atoms with Gasteiger partial charge in [0.2, 0.25) is 0 Å². The van der Waals surface area contributed by atoms with Crippen molar-refractivity contribution in [3.63, 3.8) is 0 Å². The van der Waals surface area contributed by atoms with E-state index in [9.17, 15) is 17.6 Å². The molecule has 9 heteroatoms. The third-order valence-electron chi connectivity index (χ3n) is 5.74. The van der Waals surface area contributed by atoms with E-state index in [2.05, 4.69) is 0 Å². The van der Waals surface area contributed by atoms with Gasteiger partial charge in [-0.05, 0) is 53.1 Å². The van der Waals surface area contributed by atoms with Crippen molar-refractivity contribution in [3.8, 4) is 22.3 Å². The number of fused-ring (bicyclic) bond motifs is 1. The highest BCUT2D eigenvalue weighted by Gasteiger charge is 2.36. The van der Waals surface area contributed by atoms with E-state index in [0.717, 1.165) is 10.4 Å². The summed E-state index contributed by atoms with van der Waals surface area (Å²) < 4.78 is 44.2. The number of halogens is 3. The Balaban J connectivity index is 1.83. The van der Waals surface area contributed by atoms with Crippen molar-refractivity contribution in [2.45, 2.75) is 11.4 Å². The van der Waals surface area contributed by atoms with Gasteiger partial charge in [-0.1, -0.05) is 59.6 Å². The molecule has 2 heterocycles. The first-order chi connectivity index (χ1) is 16.3. The molecule has 1 aliphatic heterocycles. The molecule has 0 amide bonds. The molecular weight excluding hydrogens is 498 g/mol. The highest BCUT2D eigenvalue weighted by molar-refractivity contribution is 7.92. The second-order valence-electron chi connectivity index (χ2n) is 7.77. The Morgan fingerprint density at radius 1 is 0.794 bits per heavy atom. The first-order valence-electron chi connectivity index (χ1n) is 10.3. The number of aromatic nitrogens is 1. The van der Waals surface area contributed by atoms with Gasteiger partial charge in [-0.2, -0.15) is 0 Å². The zero-order chi connectivity index (χ0) is 24.0. The topological polar surface area (TPSA) is 59.4 Å². The standard InChI is InChI=1S/C25H17Cl2FN2O3S/c26-18-9-5-16(6-10-18)20-15-23(31)29-13-14-30(34(32,33)22-4-2-1-3-21(22)28)25(29)24(20)17-7-11-19(27)12-8-17/h1-12,15H,13-14H2. The quantitative estimate of drug-likeness (QED) is 0.343. The smallest absolute Gasteiger partial charge is 0.268 e. The number of hydrogen-bond acceptors (Lipinski definition) is 3. The number of benzene rings is 3. The van der Waals surface area contributed by atoms with Crippen LogP contribution in [0.25, 0.3) is 22.3 Å². The van der Waals surface area contributed by atoms with Gasteiger partial charge in [0.15, 0.2) is 0 Å². The molecule has 0 radical (unpaired) electrons. The van der Waals surface area contributed by atoms with Crippen LogP contribution in [0.3, 0.4) is 0 Å². The number of nitrogens with zero attached hydrogens (tertiary/aromatic N) is 2. The van der Waals surface area contributed by atoms with Crippen LogP contribution in [-0.2, 0) is 16.6 Å². The van der Waals surface area contributed by atoms with Crippen LogP contribution in [0.2, 0.25) is 10.0 Å². The van der Waals surface area contributed by atoms with E-state index < -0.39 is 20.7 Å². The van der Waals surface area contributed by atoms with Crippen LogP contribution in [-0.4, -0.2) is 19.5 Å². The van der Waals surface area contributed by atoms with Gasteiger partial charge in [0.25, 0.3) is 15.6 Å². The second-order valence-corrected chi connectivity index (χ2v) is 10.5. The molecule has 0 fully saturated rings. The Morgan fingerprint density at radius 2 is 1.38 bits per heavy atom. The van der Waals surface area contributed by atoms with Crippen molar-refractivity contribution in [1.29, 1.82) is 0 Å². The minimum Gasteiger partial charge on any atom is -0.292 e. The molecule has 0 spiro atoms. The molecule has 172 valence electrons. The van der Waals surface area contributed by atoms with E-state index in [1.807, 2.05) is 0 Å². The van der Waals surface area contributed by atoms with Crippen LogP contribution in [0.1, 0.15) is 0 Å². The predicted molar refractivity (Wildman–Crippen MR) is 133 cm³/mol. The van der Waals surface area contributed by atoms with Crippen LogP contribution in [0.15, 0.2) is 88.6 Å². The summed E-state index contributed by atoms with van der Waals surface area (Å²) in [5.74, 6) is -0.673. The van der Waals surface area contributed by atoms with Crippen molar-refractivity contribution < 1.29 is 12.8 Å². The predicted octanol–water partition coefficient (Wildman–Crippen LogP) is 5.84. The minimum atomic E-state index is -4.29. The van der Waals surface area contributed by atoms with E-state index >= 15 is 0 Å². The molecule has 1 aliphatic rings. The van der Waals surface area contributed by atoms with E-state index in [1.165, 1.54) is 28.8 Å². The lowest BCUT2D eigenvalue weighted by Gasteiger charge is -2.24. The summed E-state index contributed by atoms with van der Waals surface area (Å²) in [4.78, 5) is 12.7. The molecule has 0 saturated heterocycles. The summed E-state index contributed by atoms with van der Waals surface area (Å²) in [6.07, 6.45) is 0. The van der Waals surface area contributed by atoms with Crippen LogP contribution in [0.5, 0.6) is 0 Å². The summed E-state index contributed by atoms with van der Waals surface area (Å²) in [5.41, 5.74) is 2.05. The lowest BCUT2D eigenvalue weighted by molar-refractivity contribution is 0.564. The average molecular weight is 515 g/mol. The maximum Gasteiger partial charge on any atom is 0.268 e. The first-order valence-corrected chi connectivity index (χ1v) is 12.5. The molecule has 5 rings (SSSR count). The molecule has 0 unspecified atom stereocenters. The fraction of sp³-hybridized carbons (Fsp3) is 0.0800. The first kappa shape index (κ1) is 22.7. The van der Waals surface area contributed by atoms with Gasteiger partial charge in [0.05, 0.1) is 6.54 Å². The molecule has 0 aliphatic carbocycles. The van der Waals surface area contributed by atoms with Gasteiger partial charge in [0.1, 0.15) is 16.5 Å². The van der Waals surface area contributed by atoms with Crippen molar-refractivity contribution in [2.75, 3.05) is 10.8 Å². The van der Waals surface area contributed by atoms with Gasteiger partial charge in [0, 0.05) is 28.2 Å². The van der Waals surface area contributed by atoms with Gasteiger partial charge in [-0.15, -0.1) is 0 Å². The summed E-state index contributed by atoms with van der Waals surface area (Å²) in [6.45, 7) is 0.139. The number of anilines is 1. The van der Waals surface area contributed by atoms with E-state index in [1.54, 1.807) is 48.5 Å². The number of rotatable bonds is 4. The number of hydrogen-bond donors (Lipinski definition) is 0. The molecule has 0 bridgehead atoms. The normalized spacial score (nSPS) is 13.2. The fourth-order valence-corrected chi connectivity index (χ4v) is 5.96. The zero-order valence-electron chi connectivity index (χ0n) is 17.6. The molecular formula is C25H17Cl2FN2O3S. The fourth-order valence-electron chi connectivity index (χ4n) is 4.17. The Bertz CT molecular complexity index is 1570. The molecule has 4 aromatic rings. The van der Waals surface area contributed by atoms with Gasteiger partial charge in [-0.25, -0.2) is 17.1 Å². The molecule has 1 aromatic heterocycles. The zero-order valence-corrected chi connectivity index (χ0v) is 19.9. The minimum absolute atomic E-state index is 0.00340. The van der Waals surface area contributed by atoms with Crippen LogP contribution in [0, 0.1) is 5.82 Å². The molecule has 0 N–H and O–H groups in total. The maximum atomic E-state index is 14.5. The highest BCUT2D eigenvalue weighted by Crippen LogP contribution is 2.42. The maximum absolute atomic E-state index is 14.5. The van der Waals surface area contributed by atoms with Crippen molar-refractivity contribution in [2.24, 2.45) is 0 Å². The van der Waals surface area contributed by atoms with E-state index in [4.69, 9.17) is 23.2 Å². The van der Waals surface area contributed by atoms with Gasteiger partial charge in [-0.3, -0.25) is 9.36 Å². The van der Waals surface area contributed by atoms with Crippen molar-refractivity contribution >= 4 is 39.0 Å². The Morgan fingerprint density at radius 3 is 2.00 bits per heavy atom. The van der Waals surface area contributed by atoms with E-state index in [-0.39, 0.29) is 24.5 Å². The second kappa shape index (κ2) is 8.58. The highest BCUT2D eigenvalue weighted by atomic mass is 35.5. The summed E-state index contributed by atoms with van der Waals surface area (Å²) in [6, 6.07) is 20.5. The molecule has 0 saturated carbocycles. The third kappa shape index (κ3) is 3.79. The van der Waals surface area contributed by atoms with Gasteiger partial charge >= 0.3 is 0 Å². The largest absolute Gasteiger partial charge is 0.292 e. The van der Waals surface area contributed by atoms with Crippen molar-refractivity contribution in [1.82, 2.24) is 4.57 Å².